The van der Waals surface area contributed by atoms with E-state index in [1.807, 2.05) is 27.7 Å². The van der Waals surface area contributed by atoms with E-state index in [0.29, 0.717) is 12.8 Å². The molecule has 0 aromatic rings. The lowest BCUT2D eigenvalue weighted by atomic mass is 9.78. The van der Waals surface area contributed by atoms with E-state index in [-0.39, 0.29) is 17.8 Å². The summed E-state index contributed by atoms with van der Waals surface area (Å²) in [5, 5.41) is 0. The monoisotopic (exact) mass is 306 g/mol. The number of alkyl halides is 6. The van der Waals surface area contributed by atoms with Crippen molar-refractivity contribution in [3.63, 3.8) is 0 Å². The molecule has 0 aliphatic rings. The quantitative estimate of drug-likeness (QED) is 0.529. The highest BCUT2D eigenvalue weighted by molar-refractivity contribution is 4.80. The van der Waals surface area contributed by atoms with Gasteiger partial charge in [-0.15, -0.1) is 0 Å². The minimum Gasteiger partial charge on any atom is -0.170 e. The Labute approximate surface area is 116 Å². The van der Waals surface area contributed by atoms with Crippen LogP contribution in [0.3, 0.4) is 0 Å². The molecule has 122 valence electrons. The Morgan fingerprint density at radius 2 is 1.15 bits per heavy atom. The van der Waals surface area contributed by atoms with Crippen LogP contribution in [0.25, 0.3) is 0 Å². The van der Waals surface area contributed by atoms with Gasteiger partial charge in [-0.25, -0.2) is 0 Å². The predicted octanol–water partition coefficient (Wildman–Crippen LogP) is 6.22. The van der Waals surface area contributed by atoms with Crippen LogP contribution in [0, 0.1) is 23.2 Å². The SMILES string of the molecule is CC(CCC[C@H](C)C(C(F)(F)F)C(F)(F)F)C(C)(C)C. The molecule has 20 heavy (non-hydrogen) atoms. The second-order valence-corrected chi connectivity index (χ2v) is 6.74. The van der Waals surface area contributed by atoms with E-state index in [1.54, 1.807) is 0 Å². The lowest BCUT2D eigenvalue weighted by Crippen LogP contribution is -2.41. The zero-order valence-electron chi connectivity index (χ0n) is 12.6. The van der Waals surface area contributed by atoms with Crippen molar-refractivity contribution >= 4 is 0 Å². The summed E-state index contributed by atoms with van der Waals surface area (Å²) in [5.74, 6) is -4.41. The predicted molar refractivity (Wildman–Crippen MR) is 67.2 cm³/mol. The van der Waals surface area contributed by atoms with Crippen LogP contribution >= 0.6 is 0 Å². The van der Waals surface area contributed by atoms with E-state index >= 15 is 0 Å². The van der Waals surface area contributed by atoms with Crippen molar-refractivity contribution in [2.75, 3.05) is 0 Å². The van der Waals surface area contributed by atoms with Crippen molar-refractivity contribution < 1.29 is 26.3 Å². The Hall–Kier alpha value is -0.420. The zero-order chi connectivity index (χ0) is 16.4. The van der Waals surface area contributed by atoms with E-state index in [1.165, 1.54) is 0 Å². The number of rotatable bonds is 5. The molecule has 0 spiro atoms. The summed E-state index contributed by atoms with van der Waals surface area (Å²) in [6, 6.07) is 0. The molecule has 0 rings (SSSR count). The Morgan fingerprint density at radius 3 is 1.45 bits per heavy atom. The molecular formula is C14H24F6. The van der Waals surface area contributed by atoms with Crippen LogP contribution in [-0.4, -0.2) is 12.4 Å². The molecule has 2 atom stereocenters. The van der Waals surface area contributed by atoms with Crippen LogP contribution < -0.4 is 0 Å². The molecular weight excluding hydrogens is 282 g/mol. The van der Waals surface area contributed by atoms with Gasteiger partial charge < -0.3 is 0 Å². The molecule has 0 aromatic heterocycles. The first-order valence-corrected chi connectivity index (χ1v) is 6.80. The summed E-state index contributed by atoms with van der Waals surface area (Å²) in [7, 11) is 0. The molecule has 0 saturated carbocycles. The van der Waals surface area contributed by atoms with Crippen LogP contribution in [-0.2, 0) is 0 Å². The van der Waals surface area contributed by atoms with Crippen LogP contribution in [0.15, 0.2) is 0 Å². The number of hydrogen-bond donors (Lipinski definition) is 0. The molecule has 0 bridgehead atoms. The van der Waals surface area contributed by atoms with Gasteiger partial charge in [-0.1, -0.05) is 47.5 Å². The maximum atomic E-state index is 12.5. The third-order valence-electron chi connectivity index (χ3n) is 4.05. The highest BCUT2D eigenvalue weighted by atomic mass is 19.4. The highest BCUT2D eigenvalue weighted by Gasteiger charge is 2.58. The van der Waals surface area contributed by atoms with E-state index < -0.39 is 24.2 Å². The van der Waals surface area contributed by atoms with Crippen LogP contribution in [0.4, 0.5) is 26.3 Å². The molecule has 0 N–H and O–H groups in total. The fraction of sp³-hybridized carbons (Fsp3) is 1.00. The Morgan fingerprint density at radius 1 is 0.750 bits per heavy atom. The lowest BCUT2D eigenvalue weighted by Gasteiger charge is -2.30. The highest BCUT2D eigenvalue weighted by Crippen LogP contribution is 2.45. The van der Waals surface area contributed by atoms with Crippen molar-refractivity contribution in [3.8, 4) is 0 Å². The van der Waals surface area contributed by atoms with Gasteiger partial charge in [0.2, 0.25) is 0 Å². The minimum absolute atomic E-state index is 0.0106. The van der Waals surface area contributed by atoms with Gasteiger partial charge in [0.15, 0.2) is 5.92 Å². The first-order valence-electron chi connectivity index (χ1n) is 6.80. The fourth-order valence-electron chi connectivity index (χ4n) is 2.18. The topological polar surface area (TPSA) is 0 Å². The first kappa shape index (κ1) is 19.6. The lowest BCUT2D eigenvalue weighted by molar-refractivity contribution is -0.297. The maximum Gasteiger partial charge on any atom is 0.400 e. The third-order valence-corrected chi connectivity index (χ3v) is 4.05. The van der Waals surface area contributed by atoms with Crippen LogP contribution in [0.2, 0.25) is 0 Å². The Kier molecular flexibility index (Phi) is 6.42. The van der Waals surface area contributed by atoms with Crippen LogP contribution in [0.5, 0.6) is 0 Å². The maximum absolute atomic E-state index is 12.5. The van der Waals surface area contributed by atoms with Crippen molar-refractivity contribution in [2.45, 2.75) is 66.2 Å². The van der Waals surface area contributed by atoms with Crippen molar-refractivity contribution in [1.82, 2.24) is 0 Å². The molecule has 0 heterocycles. The summed E-state index contributed by atoms with van der Waals surface area (Å²) in [4.78, 5) is 0. The van der Waals surface area contributed by atoms with E-state index in [9.17, 15) is 26.3 Å². The van der Waals surface area contributed by atoms with Gasteiger partial charge in [0, 0.05) is 0 Å². The zero-order valence-corrected chi connectivity index (χ0v) is 12.6. The molecule has 0 aromatic carbocycles. The van der Waals surface area contributed by atoms with E-state index in [4.69, 9.17) is 0 Å². The largest absolute Gasteiger partial charge is 0.400 e. The van der Waals surface area contributed by atoms with E-state index in [0.717, 1.165) is 6.92 Å². The standard InChI is InChI=1S/C14H24F6/c1-9(7-6-8-10(2)12(3,4)5)11(13(15,16)17)14(18,19)20/h9-11H,6-8H2,1-5H3/t9-,10?/m0/s1. The van der Waals surface area contributed by atoms with Gasteiger partial charge in [-0.2, -0.15) is 26.3 Å². The second kappa shape index (κ2) is 6.56. The summed E-state index contributed by atoms with van der Waals surface area (Å²) >= 11 is 0. The molecule has 1 unspecified atom stereocenters. The smallest absolute Gasteiger partial charge is 0.170 e. The molecule has 0 aliphatic heterocycles. The van der Waals surface area contributed by atoms with Crippen molar-refractivity contribution in [2.24, 2.45) is 23.2 Å². The third kappa shape index (κ3) is 6.35. The second-order valence-electron chi connectivity index (χ2n) is 6.74. The first-order chi connectivity index (χ1) is 8.67. The molecule has 0 saturated heterocycles. The fourth-order valence-corrected chi connectivity index (χ4v) is 2.18. The van der Waals surface area contributed by atoms with Gasteiger partial charge in [-0.3, -0.25) is 0 Å². The Bertz CT molecular complexity index is 270. The van der Waals surface area contributed by atoms with Gasteiger partial charge in [0.1, 0.15) is 0 Å². The summed E-state index contributed by atoms with van der Waals surface area (Å²) in [6.07, 6.45) is -9.51. The normalized spacial score (nSPS) is 17.4. The number of halogens is 6. The van der Waals surface area contributed by atoms with Gasteiger partial charge >= 0.3 is 12.4 Å². The number of hydrogen-bond acceptors (Lipinski definition) is 0. The minimum atomic E-state index is -5.23. The molecule has 0 nitrogen and oxygen atoms in total. The average Bonchev–Trinajstić information content (AvgIpc) is 2.10. The van der Waals surface area contributed by atoms with Gasteiger partial charge in [0.05, 0.1) is 0 Å². The van der Waals surface area contributed by atoms with Crippen molar-refractivity contribution in [1.29, 1.82) is 0 Å². The molecule has 0 radical (unpaired) electrons. The molecule has 0 amide bonds. The van der Waals surface area contributed by atoms with E-state index in [2.05, 4.69) is 0 Å². The average molecular weight is 306 g/mol. The van der Waals surface area contributed by atoms with Crippen LogP contribution in [0.1, 0.15) is 53.9 Å². The summed E-state index contributed by atoms with van der Waals surface area (Å²) in [6.45, 7) is 9.03. The summed E-state index contributed by atoms with van der Waals surface area (Å²) in [5.41, 5.74) is 0.0106. The summed E-state index contributed by atoms with van der Waals surface area (Å²) < 4.78 is 75.1. The molecule has 0 fully saturated rings. The van der Waals surface area contributed by atoms with Gasteiger partial charge in [-0.05, 0) is 23.7 Å². The molecule has 0 aliphatic carbocycles. The van der Waals surface area contributed by atoms with Gasteiger partial charge in [0.25, 0.3) is 0 Å². The Balaban J connectivity index is 4.55. The van der Waals surface area contributed by atoms with Crippen molar-refractivity contribution in [3.05, 3.63) is 0 Å². The molecule has 6 heteroatoms.